The maximum atomic E-state index is 13.7. The summed E-state index contributed by atoms with van der Waals surface area (Å²) in [5.74, 6) is 4.00. The van der Waals surface area contributed by atoms with E-state index < -0.39 is 18.1 Å². The molecule has 3 amide bonds. The number of fused-ring (bicyclic) bond motifs is 10. The molecule has 21 heteroatoms. The lowest BCUT2D eigenvalue weighted by atomic mass is 9.90. The Hall–Kier alpha value is -9.60. The minimum atomic E-state index is -0.704. The summed E-state index contributed by atoms with van der Waals surface area (Å²) in [6.07, 6.45) is 18.2. The van der Waals surface area contributed by atoms with Crippen LogP contribution in [0.3, 0.4) is 0 Å². The Kier molecular flexibility index (Phi) is 18.0. The van der Waals surface area contributed by atoms with Gasteiger partial charge in [-0.15, -0.1) is 0 Å². The number of likely N-dealkylation sites (tertiary alicyclic amines) is 2. The van der Waals surface area contributed by atoms with Crippen LogP contribution in [0.5, 0.6) is 11.5 Å². The van der Waals surface area contributed by atoms with Gasteiger partial charge in [-0.25, -0.2) is 14.8 Å². The highest BCUT2D eigenvalue weighted by atomic mass is 16.5. The van der Waals surface area contributed by atoms with Gasteiger partial charge in [0.15, 0.2) is 0 Å². The van der Waals surface area contributed by atoms with Crippen molar-refractivity contribution in [3.05, 3.63) is 131 Å². The van der Waals surface area contributed by atoms with E-state index in [-0.39, 0.29) is 48.1 Å². The van der Waals surface area contributed by atoms with Crippen LogP contribution < -0.4 is 25.4 Å². The molecule has 12 heterocycles. The number of H-pyrrole nitrogens is 2. The molecule has 8 aliphatic rings. The molecule has 0 unspecified atom stereocenters. The number of furan rings is 2. The van der Waals surface area contributed by atoms with E-state index in [4.69, 9.17) is 42.8 Å². The van der Waals surface area contributed by atoms with E-state index in [1.54, 1.807) is 0 Å². The quantitative estimate of drug-likeness (QED) is 0.0599. The molecule has 508 valence electrons. The maximum Gasteiger partial charge on any atom is 0.407 e. The first-order chi connectivity index (χ1) is 47.7. The highest BCUT2D eigenvalue weighted by molar-refractivity contribution is 6.05. The smallest absolute Gasteiger partial charge is 0.407 e. The second-order valence-corrected chi connectivity index (χ2v) is 27.8. The molecule has 0 bridgehead atoms. The zero-order valence-corrected chi connectivity index (χ0v) is 56.6. The van der Waals surface area contributed by atoms with Gasteiger partial charge in [0.2, 0.25) is 11.8 Å². The first kappa shape index (κ1) is 64.4. The van der Waals surface area contributed by atoms with E-state index in [0.29, 0.717) is 57.1 Å². The molecule has 4 aromatic heterocycles. The average Bonchev–Trinajstić information content (AvgIpc) is 1.61. The van der Waals surface area contributed by atoms with Crippen LogP contribution in [-0.4, -0.2) is 137 Å². The number of hydrogen-bond donors (Lipinski definition) is 5. The second kappa shape index (κ2) is 27.4. The summed E-state index contributed by atoms with van der Waals surface area (Å²) in [5, 5.41) is 12.0. The standard InChI is InChI=1S/C46H54N6O8.C31H31N5O2/c1-25(2)32(22-40(53)57-5)44(54)51-16-7-9-36(51)34-20-29(23-47-34)27-11-13-31-39(21-27)59-18-15-30-33-19-28(12-14-38(33)60-42(30)31)35-24-48-43(49-35)37-10-8-17-52(37)45(55)41(26(3)4)50-46(56)58-6;1-3-24(32-10-1)26-14-20(16-34-26)18-5-7-22-29(15-18)37-12-9-21-23-13-19(6-8-28(23)38-30(21)22)27-17-35-31(36-27)25-4-2-11-33-25/h11-14,19,21,23-26,32,36-37,41H,7-10,15-18,20,22H2,1-6H3,(H,48,49)(H,50,56);5-8,13,15-17,24-25,32-33H,1-4,9-12,14H2,(H,35,36)/t32-,36-,37-,41-;24-,25-/m00/s1. The van der Waals surface area contributed by atoms with Crippen LogP contribution in [0.15, 0.2) is 116 Å². The normalized spacial score (nSPS) is 20.8. The lowest BCUT2D eigenvalue weighted by Crippen LogP contribution is -2.51. The molecule has 4 saturated heterocycles. The van der Waals surface area contributed by atoms with Gasteiger partial charge < -0.3 is 63.5 Å². The zero-order chi connectivity index (χ0) is 67.3. The highest BCUT2D eigenvalue weighted by Gasteiger charge is 2.41. The van der Waals surface area contributed by atoms with Crippen LogP contribution in [0.25, 0.3) is 78.2 Å². The number of nitrogens with zero attached hydrogens (tertiary/aromatic N) is 6. The third-order valence-corrected chi connectivity index (χ3v) is 21.1. The van der Waals surface area contributed by atoms with Crippen LogP contribution >= 0.6 is 0 Å². The number of rotatable bonds is 15. The van der Waals surface area contributed by atoms with Crippen molar-refractivity contribution >= 4 is 68.4 Å². The number of methoxy groups -OCH3 is 2. The van der Waals surface area contributed by atoms with Crippen molar-refractivity contribution in [3.8, 4) is 56.7 Å². The first-order valence-electron chi connectivity index (χ1n) is 35.0. The number of imidazole rings is 2. The molecule has 0 saturated carbocycles. The van der Waals surface area contributed by atoms with Crippen LogP contribution in [0, 0.1) is 17.8 Å². The molecule has 0 radical (unpaired) electrons. The van der Waals surface area contributed by atoms with E-state index in [9.17, 15) is 19.2 Å². The molecular weight excluding hydrogens is 1240 g/mol. The molecule has 4 aromatic carbocycles. The van der Waals surface area contributed by atoms with Gasteiger partial charge in [-0.1, -0.05) is 39.8 Å². The fraction of sp³-hybridized carbons (Fsp3) is 0.429. The number of allylic oxidation sites excluding steroid dienone is 2. The fourth-order valence-electron chi connectivity index (χ4n) is 15.7. The molecule has 8 aliphatic heterocycles. The molecule has 0 spiro atoms. The molecule has 4 fully saturated rings. The van der Waals surface area contributed by atoms with Crippen molar-refractivity contribution < 1.29 is 47.0 Å². The molecule has 0 aliphatic carbocycles. The lowest BCUT2D eigenvalue weighted by Gasteiger charge is -2.30. The van der Waals surface area contributed by atoms with E-state index in [2.05, 4.69) is 91.6 Å². The van der Waals surface area contributed by atoms with Gasteiger partial charge in [0.1, 0.15) is 51.9 Å². The molecule has 8 aromatic rings. The number of hydrogen-bond acceptors (Lipinski definition) is 16. The Bertz CT molecular complexity index is 4530. The summed E-state index contributed by atoms with van der Waals surface area (Å²) in [7, 11) is 2.65. The number of aliphatic imine (C=N–C) groups is 2. The van der Waals surface area contributed by atoms with Crippen molar-refractivity contribution in [1.82, 2.24) is 45.7 Å². The molecule has 16 rings (SSSR count). The lowest BCUT2D eigenvalue weighted by molar-refractivity contribution is -0.148. The Labute approximate surface area is 569 Å². The maximum absolute atomic E-state index is 13.7. The number of carbonyl (C=O) groups is 4. The van der Waals surface area contributed by atoms with Gasteiger partial charge in [-0.3, -0.25) is 24.4 Å². The number of alkyl carbamates (subject to hydrolysis) is 1. The minimum absolute atomic E-state index is 0.00658. The predicted molar refractivity (Wildman–Crippen MR) is 375 cm³/mol. The summed E-state index contributed by atoms with van der Waals surface area (Å²) in [6, 6.07) is 25.0. The number of benzene rings is 4. The summed E-state index contributed by atoms with van der Waals surface area (Å²) < 4.78 is 35.3. The van der Waals surface area contributed by atoms with Crippen LogP contribution in [0.2, 0.25) is 0 Å². The highest BCUT2D eigenvalue weighted by Crippen LogP contribution is 2.46. The monoisotopic (exact) mass is 1320 g/mol. The van der Waals surface area contributed by atoms with E-state index in [1.807, 2.05) is 74.4 Å². The average molecular weight is 1320 g/mol. The molecular formula is C77H85N11O10. The molecule has 98 heavy (non-hydrogen) atoms. The summed E-state index contributed by atoms with van der Waals surface area (Å²) in [4.78, 5) is 81.4. The van der Waals surface area contributed by atoms with Crippen molar-refractivity contribution in [2.24, 2.45) is 27.7 Å². The zero-order valence-electron chi connectivity index (χ0n) is 56.6. The third-order valence-electron chi connectivity index (χ3n) is 21.1. The van der Waals surface area contributed by atoms with Crippen LogP contribution in [-0.2, 0) is 36.7 Å². The number of nitrogens with one attached hydrogen (secondary N) is 5. The van der Waals surface area contributed by atoms with Gasteiger partial charge in [0, 0.05) is 102 Å². The summed E-state index contributed by atoms with van der Waals surface area (Å²) in [6.45, 7) is 12.2. The predicted octanol–water partition coefficient (Wildman–Crippen LogP) is 13.3. The second-order valence-electron chi connectivity index (χ2n) is 27.8. The fourth-order valence-corrected chi connectivity index (χ4v) is 15.7. The van der Waals surface area contributed by atoms with Gasteiger partial charge in [0.05, 0.1) is 92.8 Å². The van der Waals surface area contributed by atoms with Crippen LogP contribution in [0.1, 0.15) is 144 Å². The molecule has 6 atom stereocenters. The van der Waals surface area contributed by atoms with Gasteiger partial charge >= 0.3 is 12.1 Å². The minimum Gasteiger partial charge on any atom is -0.492 e. The van der Waals surface area contributed by atoms with Crippen molar-refractivity contribution in [1.29, 1.82) is 0 Å². The Morgan fingerprint density at radius 2 is 1.13 bits per heavy atom. The van der Waals surface area contributed by atoms with Crippen molar-refractivity contribution in [2.75, 3.05) is 53.6 Å². The molecule has 21 nitrogen and oxygen atoms in total. The van der Waals surface area contributed by atoms with E-state index in [1.165, 1.54) is 55.9 Å². The number of esters is 1. The van der Waals surface area contributed by atoms with E-state index >= 15 is 0 Å². The Morgan fingerprint density at radius 3 is 1.69 bits per heavy atom. The van der Waals surface area contributed by atoms with E-state index in [0.717, 1.165) is 165 Å². The Balaban J connectivity index is 0.000000176. The van der Waals surface area contributed by atoms with Crippen LogP contribution in [0.4, 0.5) is 4.79 Å². The van der Waals surface area contributed by atoms with Gasteiger partial charge in [-0.05, 0) is 159 Å². The third kappa shape index (κ3) is 12.5. The van der Waals surface area contributed by atoms with Gasteiger partial charge in [-0.2, -0.15) is 0 Å². The largest absolute Gasteiger partial charge is 0.492 e. The summed E-state index contributed by atoms with van der Waals surface area (Å²) in [5.41, 5.74) is 16.6. The van der Waals surface area contributed by atoms with Crippen molar-refractivity contribution in [3.63, 3.8) is 0 Å². The van der Waals surface area contributed by atoms with Crippen molar-refractivity contribution in [2.45, 2.75) is 141 Å². The SMILES string of the molecule is C1=C(c2ccc3c(c2)OCCc2c-3oc3ccc(-c4cnc([C@@H]5CCCN5)[nH]4)cc23)CC([C@@H]2CCCN2)=N1.COC(=O)C[C@H](C(=O)N1CCC[C@H]1C1=NC=C(c2ccc3c(c2)OCCc2c-3oc3ccc(-c4cnc([C@@H]5CCCN5C(=O)[C@@H](NC(=O)OC)C(C)C)[nH]4)cc23)C1)C(C)C. The summed E-state index contributed by atoms with van der Waals surface area (Å²) >= 11 is 0. The first-order valence-corrected chi connectivity index (χ1v) is 35.0. The number of amides is 3. The number of aromatic nitrogens is 4. The number of aromatic amines is 2. The Morgan fingerprint density at radius 1 is 0.592 bits per heavy atom. The number of ether oxygens (including phenoxy) is 4. The number of carbonyl (C=O) groups excluding carboxylic acids is 4. The van der Waals surface area contributed by atoms with Gasteiger partial charge in [0.25, 0.3) is 0 Å². The topological polar surface area (TPSA) is 256 Å². The molecule has 5 N–H and O–H groups in total.